The van der Waals surface area contributed by atoms with Gasteiger partial charge in [0, 0.05) is 13.1 Å². The highest BCUT2D eigenvalue weighted by atomic mass is 16.6. The van der Waals surface area contributed by atoms with E-state index in [2.05, 4.69) is 24.0 Å². The average Bonchev–Trinajstić information content (AvgIpc) is 2.61. The van der Waals surface area contributed by atoms with Gasteiger partial charge in [-0.25, -0.2) is 0 Å². The van der Waals surface area contributed by atoms with E-state index in [1.165, 1.54) is 0 Å². The number of rotatable bonds is 5. The molecule has 1 heterocycles. The molecule has 2 aromatic carbocycles. The Labute approximate surface area is 136 Å². The molecule has 1 unspecified atom stereocenters. The summed E-state index contributed by atoms with van der Waals surface area (Å²) in [5.41, 5.74) is 1.84. The molecule has 0 bridgehead atoms. The molecule has 1 aliphatic heterocycles. The predicted octanol–water partition coefficient (Wildman–Crippen LogP) is 3.22. The largest absolute Gasteiger partial charge is 0.486 e. The molecule has 0 saturated heterocycles. The summed E-state index contributed by atoms with van der Waals surface area (Å²) in [7, 11) is 0. The summed E-state index contributed by atoms with van der Waals surface area (Å²) in [4.78, 5) is 2.30. The number of nitriles is 1. The zero-order chi connectivity index (χ0) is 16.1. The van der Waals surface area contributed by atoms with E-state index in [-0.39, 0.29) is 6.10 Å². The van der Waals surface area contributed by atoms with Crippen LogP contribution in [0.1, 0.15) is 18.1 Å². The SMILES string of the molecule is CCN(Cc1cccc(C#N)c1)CC1COc2ccccc2O1. The molecular weight excluding hydrogens is 288 g/mol. The summed E-state index contributed by atoms with van der Waals surface area (Å²) in [6.07, 6.45) is 0.0176. The first-order chi connectivity index (χ1) is 11.3. The Balaban J connectivity index is 1.63. The van der Waals surface area contributed by atoms with Crippen molar-refractivity contribution in [3.63, 3.8) is 0 Å². The van der Waals surface area contributed by atoms with Crippen LogP contribution < -0.4 is 9.47 Å². The number of hydrogen-bond acceptors (Lipinski definition) is 4. The van der Waals surface area contributed by atoms with E-state index < -0.39 is 0 Å². The second-order valence-corrected chi connectivity index (χ2v) is 5.64. The van der Waals surface area contributed by atoms with Gasteiger partial charge in [0.25, 0.3) is 0 Å². The Morgan fingerprint density at radius 1 is 1.17 bits per heavy atom. The lowest BCUT2D eigenvalue weighted by atomic mass is 10.1. The van der Waals surface area contributed by atoms with Gasteiger partial charge in [-0.2, -0.15) is 5.26 Å². The first-order valence-corrected chi connectivity index (χ1v) is 7.88. The zero-order valence-electron chi connectivity index (χ0n) is 13.2. The lowest BCUT2D eigenvalue weighted by Gasteiger charge is -2.30. The van der Waals surface area contributed by atoms with Crippen LogP contribution in [0, 0.1) is 11.3 Å². The van der Waals surface area contributed by atoms with Crippen LogP contribution in [0.25, 0.3) is 0 Å². The number of fused-ring (bicyclic) bond motifs is 1. The molecule has 118 valence electrons. The Bertz CT molecular complexity index is 709. The number of likely N-dealkylation sites (N-methyl/N-ethyl adjacent to an activating group) is 1. The van der Waals surface area contributed by atoms with E-state index in [9.17, 15) is 0 Å². The van der Waals surface area contributed by atoms with Crippen molar-refractivity contribution in [3.8, 4) is 17.6 Å². The molecule has 0 amide bonds. The van der Waals surface area contributed by atoms with Crippen molar-refractivity contribution < 1.29 is 9.47 Å². The van der Waals surface area contributed by atoms with Gasteiger partial charge in [0.05, 0.1) is 11.6 Å². The number of ether oxygens (including phenoxy) is 2. The monoisotopic (exact) mass is 308 g/mol. The van der Waals surface area contributed by atoms with Gasteiger partial charge in [-0.1, -0.05) is 31.2 Å². The van der Waals surface area contributed by atoms with Crippen LogP contribution in [0.2, 0.25) is 0 Å². The van der Waals surface area contributed by atoms with E-state index in [0.29, 0.717) is 12.2 Å². The fourth-order valence-electron chi connectivity index (χ4n) is 2.74. The van der Waals surface area contributed by atoms with Crippen LogP contribution in [0.3, 0.4) is 0 Å². The molecule has 0 aliphatic carbocycles. The molecule has 23 heavy (non-hydrogen) atoms. The van der Waals surface area contributed by atoms with Crippen molar-refractivity contribution in [2.24, 2.45) is 0 Å². The van der Waals surface area contributed by atoms with Gasteiger partial charge in [-0.05, 0) is 36.4 Å². The van der Waals surface area contributed by atoms with Gasteiger partial charge in [-0.3, -0.25) is 4.90 Å². The van der Waals surface area contributed by atoms with Crippen molar-refractivity contribution in [2.45, 2.75) is 19.6 Å². The lowest BCUT2D eigenvalue weighted by Crippen LogP contribution is -2.40. The molecule has 4 nitrogen and oxygen atoms in total. The quantitative estimate of drug-likeness (QED) is 0.851. The van der Waals surface area contributed by atoms with Crippen LogP contribution >= 0.6 is 0 Å². The van der Waals surface area contributed by atoms with Crippen LogP contribution in [-0.2, 0) is 6.54 Å². The molecule has 0 fully saturated rings. The van der Waals surface area contributed by atoms with Gasteiger partial charge >= 0.3 is 0 Å². The normalized spacial score (nSPS) is 16.1. The molecule has 2 aromatic rings. The molecule has 0 aromatic heterocycles. The van der Waals surface area contributed by atoms with Crippen molar-refractivity contribution in [3.05, 3.63) is 59.7 Å². The van der Waals surface area contributed by atoms with Gasteiger partial charge in [-0.15, -0.1) is 0 Å². The molecule has 0 spiro atoms. The van der Waals surface area contributed by atoms with E-state index in [1.54, 1.807) is 0 Å². The van der Waals surface area contributed by atoms with Crippen LogP contribution in [0.4, 0.5) is 0 Å². The first kappa shape index (κ1) is 15.4. The summed E-state index contributed by atoms with van der Waals surface area (Å²) < 4.78 is 11.8. The lowest BCUT2D eigenvalue weighted by molar-refractivity contribution is 0.0580. The van der Waals surface area contributed by atoms with Gasteiger partial charge in [0.2, 0.25) is 0 Å². The third-order valence-corrected chi connectivity index (χ3v) is 3.94. The Hall–Kier alpha value is -2.51. The highest BCUT2D eigenvalue weighted by Crippen LogP contribution is 2.31. The second kappa shape index (κ2) is 7.17. The molecular formula is C19H20N2O2. The minimum atomic E-state index is 0.0176. The van der Waals surface area contributed by atoms with Gasteiger partial charge < -0.3 is 9.47 Å². The summed E-state index contributed by atoms with van der Waals surface area (Å²) in [5, 5.41) is 9.01. The molecule has 1 atom stereocenters. The number of nitrogens with zero attached hydrogens (tertiary/aromatic N) is 2. The smallest absolute Gasteiger partial charge is 0.161 e. The topological polar surface area (TPSA) is 45.5 Å². The molecule has 4 heteroatoms. The third-order valence-electron chi connectivity index (χ3n) is 3.94. The Morgan fingerprint density at radius 2 is 2.00 bits per heavy atom. The minimum absolute atomic E-state index is 0.0176. The van der Waals surface area contributed by atoms with Crippen LogP contribution in [0.15, 0.2) is 48.5 Å². The first-order valence-electron chi connectivity index (χ1n) is 7.88. The van der Waals surface area contributed by atoms with Gasteiger partial charge in [0.1, 0.15) is 12.7 Å². The molecule has 0 saturated carbocycles. The minimum Gasteiger partial charge on any atom is -0.486 e. The fourth-order valence-corrected chi connectivity index (χ4v) is 2.74. The molecule has 0 radical (unpaired) electrons. The Morgan fingerprint density at radius 3 is 2.78 bits per heavy atom. The summed E-state index contributed by atoms with van der Waals surface area (Å²) in [5.74, 6) is 1.62. The van der Waals surface area contributed by atoms with E-state index in [0.717, 1.165) is 36.7 Å². The molecule has 0 N–H and O–H groups in total. The van der Waals surface area contributed by atoms with Crippen molar-refractivity contribution in [1.29, 1.82) is 5.26 Å². The standard InChI is InChI=1S/C19H20N2O2/c1-2-21(12-16-7-5-6-15(10-16)11-20)13-17-14-22-18-8-3-4-9-19(18)23-17/h3-10,17H,2,12-14H2,1H3. The second-order valence-electron chi connectivity index (χ2n) is 5.64. The average molecular weight is 308 g/mol. The van der Waals surface area contributed by atoms with Crippen molar-refractivity contribution >= 4 is 0 Å². The predicted molar refractivity (Wildman–Crippen MR) is 88.5 cm³/mol. The van der Waals surface area contributed by atoms with Crippen molar-refractivity contribution in [2.75, 3.05) is 19.7 Å². The highest BCUT2D eigenvalue weighted by molar-refractivity contribution is 5.40. The summed E-state index contributed by atoms with van der Waals surface area (Å²) >= 11 is 0. The van der Waals surface area contributed by atoms with Crippen LogP contribution in [-0.4, -0.2) is 30.7 Å². The van der Waals surface area contributed by atoms with E-state index in [1.807, 2.05) is 42.5 Å². The highest BCUT2D eigenvalue weighted by Gasteiger charge is 2.22. The third kappa shape index (κ3) is 3.82. The summed E-state index contributed by atoms with van der Waals surface area (Å²) in [6.45, 7) is 5.20. The summed E-state index contributed by atoms with van der Waals surface area (Å²) in [6, 6.07) is 17.7. The number of para-hydroxylation sites is 2. The Kier molecular flexibility index (Phi) is 4.80. The number of hydrogen-bond donors (Lipinski definition) is 0. The van der Waals surface area contributed by atoms with E-state index in [4.69, 9.17) is 14.7 Å². The zero-order valence-corrected chi connectivity index (χ0v) is 13.2. The molecule has 3 rings (SSSR count). The fraction of sp³-hybridized carbons (Fsp3) is 0.316. The maximum Gasteiger partial charge on any atom is 0.161 e. The van der Waals surface area contributed by atoms with E-state index >= 15 is 0 Å². The molecule has 1 aliphatic rings. The maximum atomic E-state index is 9.01. The maximum absolute atomic E-state index is 9.01. The van der Waals surface area contributed by atoms with Crippen molar-refractivity contribution in [1.82, 2.24) is 4.90 Å². The number of benzene rings is 2. The van der Waals surface area contributed by atoms with Gasteiger partial charge in [0.15, 0.2) is 11.5 Å². The van der Waals surface area contributed by atoms with Crippen LogP contribution in [0.5, 0.6) is 11.5 Å².